The van der Waals surface area contributed by atoms with Crippen LogP contribution in [0.4, 0.5) is 16.2 Å². The zero-order valence-corrected chi connectivity index (χ0v) is 11.9. The Bertz CT molecular complexity index is 728. The fourth-order valence-electron chi connectivity index (χ4n) is 1.44. The van der Waals surface area contributed by atoms with Crippen molar-refractivity contribution < 1.29 is 13.2 Å². The summed E-state index contributed by atoms with van der Waals surface area (Å²) < 4.78 is 25.8. The highest BCUT2D eigenvalue weighted by molar-refractivity contribution is 7.92. The molecule has 1 heterocycles. The number of nitrogens with one attached hydrogen (secondary N) is 2. The minimum Gasteiger partial charge on any atom is -0.307 e. The van der Waals surface area contributed by atoms with Gasteiger partial charge in [-0.2, -0.15) is 0 Å². The first-order valence-electron chi connectivity index (χ1n) is 5.42. The van der Waals surface area contributed by atoms with E-state index in [-0.39, 0.29) is 10.7 Å². The molecule has 9 heteroatoms. The van der Waals surface area contributed by atoms with Gasteiger partial charge in [-0.15, -0.1) is 0 Å². The molecule has 1 aromatic carbocycles. The van der Waals surface area contributed by atoms with Gasteiger partial charge in [-0.1, -0.05) is 11.6 Å². The lowest BCUT2D eigenvalue weighted by Gasteiger charge is -2.09. The molecule has 2 rings (SSSR count). The lowest BCUT2D eigenvalue weighted by atomic mass is 10.3. The van der Waals surface area contributed by atoms with E-state index in [0.717, 1.165) is 6.26 Å². The highest BCUT2D eigenvalue weighted by atomic mass is 35.5. The van der Waals surface area contributed by atoms with Crippen LogP contribution in [-0.2, 0) is 10.0 Å². The standard InChI is InChI=1S/C11H11ClN4O3S/c1-20(18,19)15-10-3-2-8(6-9(10)12)14-11(17)16-5-4-13-7-16/h2-7,15H,1H3,(H,14,17). The number of aromatic nitrogens is 2. The van der Waals surface area contributed by atoms with Crippen LogP contribution < -0.4 is 10.0 Å². The number of halogens is 1. The highest BCUT2D eigenvalue weighted by Crippen LogP contribution is 2.26. The van der Waals surface area contributed by atoms with Crippen molar-refractivity contribution in [2.45, 2.75) is 0 Å². The van der Waals surface area contributed by atoms with Gasteiger partial charge in [0.15, 0.2) is 0 Å². The summed E-state index contributed by atoms with van der Waals surface area (Å²) in [6.07, 6.45) is 5.36. The van der Waals surface area contributed by atoms with E-state index in [1.54, 1.807) is 0 Å². The molecule has 7 nitrogen and oxygen atoms in total. The number of nitrogens with zero attached hydrogens (tertiary/aromatic N) is 2. The number of hydrogen-bond donors (Lipinski definition) is 2. The van der Waals surface area contributed by atoms with Gasteiger partial charge in [0.2, 0.25) is 10.0 Å². The second-order valence-electron chi connectivity index (χ2n) is 3.97. The van der Waals surface area contributed by atoms with Gasteiger partial charge < -0.3 is 5.32 Å². The molecule has 0 unspecified atom stereocenters. The Hall–Kier alpha value is -2.06. The lowest BCUT2D eigenvalue weighted by molar-refractivity contribution is 0.253. The number of hydrogen-bond acceptors (Lipinski definition) is 4. The normalized spacial score (nSPS) is 11.1. The topological polar surface area (TPSA) is 93.1 Å². The van der Waals surface area contributed by atoms with Crippen molar-refractivity contribution in [3.8, 4) is 0 Å². The fourth-order valence-corrected chi connectivity index (χ4v) is 2.30. The van der Waals surface area contributed by atoms with Gasteiger partial charge in [-0.25, -0.2) is 18.2 Å². The molecule has 2 aromatic rings. The Morgan fingerprint density at radius 3 is 2.70 bits per heavy atom. The first-order chi connectivity index (χ1) is 9.35. The molecule has 0 bridgehead atoms. The monoisotopic (exact) mass is 314 g/mol. The van der Waals surface area contributed by atoms with E-state index in [1.165, 1.54) is 41.5 Å². The van der Waals surface area contributed by atoms with Gasteiger partial charge >= 0.3 is 6.03 Å². The van der Waals surface area contributed by atoms with Gasteiger partial charge in [0.1, 0.15) is 6.33 Å². The van der Waals surface area contributed by atoms with Crippen molar-refractivity contribution in [1.82, 2.24) is 9.55 Å². The first kappa shape index (κ1) is 14.4. The van der Waals surface area contributed by atoms with Crippen LogP contribution >= 0.6 is 11.6 Å². The van der Waals surface area contributed by atoms with Crippen molar-refractivity contribution in [1.29, 1.82) is 0 Å². The van der Waals surface area contributed by atoms with Gasteiger partial charge in [0, 0.05) is 18.1 Å². The van der Waals surface area contributed by atoms with Crippen molar-refractivity contribution in [2.24, 2.45) is 0 Å². The number of sulfonamides is 1. The van der Waals surface area contributed by atoms with Crippen molar-refractivity contribution >= 4 is 39.0 Å². The summed E-state index contributed by atoms with van der Waals surface area (Å²) in [6, 6.07) is 4.05. The number of carbonyl (C=O) groups excluding carboxylic acids is 1. The molecule has 0 saturated carbocycles. The van der Waals surface area contributed by atoms with Crippen LogP contribution in [0.15, 0.2) is 36.9 Å². The van der Waals surface area contributed by atoms with Crippen molar-refractivity contribution in [3.05, 3.63) is 41.9 Å². The molecule has 0 atom stereocenters. The molecule has 2 N–H and O–H groups in total. The molecular weight excluding hydrogens is 304 g/mol. The zero-order chi connectivity index (χ0) is 14.8. The number of anilines is 2. The van der Waals surface area contributed by atoms with Crippen LogP contribution in [0.3, 0.4) is 0 Å². The van der Waals surface area contributed by atoms with E-state index in [2.05, 4.69) is 15.0 Å². The van der Waals surface area contributed by atoms with Crippen molar-refractivity contribution in [3.63, 3.8) is 0 Å². The molecule has 0 radical (unpaired) electrons. The van der Waals surface area contributed by atoms with E-state index in [0.29, 0.717) is 5.69 Å². The third-order valence-corrected chi connectivity index (χ3v) is 3.16. The SMILES string of the molecule is CS(=O)(=O)Nc1ccc(NC(=O)n2ccnc2)cc1Cl. The number of carbonyl (C=O) groups is 1. The molecule has 106 valence electrons. The van der Waals surface area contributed by atoms with Gasteiger partial charge in [-0.05, 0) is 18.2 Å². The predicted molar refractivity (Wildman–Crippen MR) is 76.6 cm³/mol. The fraction of sp³-hybridized carbons (Fsp3) is 0.0909. The summed E-state index contributed by atoms with van der Waals surface area (Å²) in [4.78, 5) is 15.5. The summed E-state index contributed by atoms with van der Waals surface area (Å²) >= 11 is 5.95. The summed E-state index contributed by atoms with van der Waals surface area (Å²) in [5, 5.41) is 2.78. The molecule has 0 saturated heterocycles. The lowest BCUT2D eigenvalue weighted by Crippen LogP contribution is -2.17. The third kappa shape index (κ3) is 3.72. The number of imidazole rings is 1. The highest BCUT2D eigenvalue weighted by Gasteiger charge is 2.09. The van der Waals surface area contributed by atoms with Crippen LogP contribution in [0.25, 0.3) is 0 Å². The van der Waals surface area contributed by atoms with Crippen molar-refractivity contribution in [2.75, 3.05) is 16.3 Å². The number of amides is 1. The molecule has 1 aromatic heterocycles. The number of benzene rings is 1. The summed E-state index contributed by atoms with van der Waals surface area (Å²) in [5.41, 5.74) is 0.683. The first-order valence-corrected chi connectivity index (χ1v) is 7.69. The molecule has 0 aliphatic carbocycles. The summed E-state index contributed by atoms with van der Waals surface area (Å²) in [6.45, 7) is 0. The second kappa shape index (κ2) is 5.51. The van der Waals surface area contributed by atoms with Crippen LogP contribution in [0.2, 0.25) is 5.02 Å². The quantitative estimate of drug-likeness (QED) is 0.906. The van der Waals surface area contributed by atoms with E-state index in [1.807, 2.05) is 0 Å². The largest absolute Gasteiger partial charge is 0.331 e. The van der Waals surface area contributed by atoms with E-state index in [9.17, 15) is 13.2 Å². The molecule has 0 aliphatic heterocycles. The second-order valence-corrected chi connectivity index (χ2v) is 6.12. The average Bonchev–Trinajstić information content (AvgIpc) is 2.85. The van der Waals surface area contributed by atoms with Gasteiger partial charge in [-0.3, -0.25) is 9.29 Å². The Kier molecular flexibility index (Phi) is 3.96. The van der Waals surface area contributed by atoms with E-state index in [4.69, 9.17) is 11.6 Å². The Morgan fingerprint density at radius 1 is 1.40 bits per heavy atom. The average molecular weight is 315 g/mol. The summed E-state index contributed by atoms with van der Waals surface area (Å²) in [7, 11) is -3.41. The molecule has 0 spiro atoms. The Morgan fingerprint density at radius 2 is 2.15 bits per heavy atom. The van der Waals surface area contributed by atoms with Crippen LogP contribution in [0.5, 0.6) is 0 Å². The maximum Gasteiger partial charge on any atom is 0.331 e. The third-order valence-electron chi connectivity index (χ3n) is 2.25. The molecule has 20 heavy (non-hydrogen) atoms. The maximum absolute atomic E-state index is 11.8. The minimum absolute atomic E-state index is 0.179. The van der Waals surface area contributed by atoms with Gasteiger partial charge in [0.05, 0.1) is 17.0 Å². The molecule has 0 aliphatic rings. The van der Waals surface area contributed by atoms with Gasteiger partial charge in [0.25, 0.3) is 0 Å². The Labute approximate surface area is 120 Å². The van der Waals surface area contributed by atoms with E-state index >= 15 is 0 Å². The smallest absolute Gasteiger partial charge is 0.307 e. The maximum atomic E-state index is 11.8. The van der Waals surface area contributed by atoms with Crippen LogP contribution in [0.1, 0.15) is 0 Å². The number of rotatable bonds is 3. The molecule has 0 fully saturated rings. The summed E-state index contributed by atoms with van der Waals surface area (Å²) in [5.74, 6) is 0. The Balaban J connectivity index is 2.15. The van der Waals surface area contributed by atoms with Crippen LogP contribution in [-0.4, -0.2) is 30.3 Å². The van der Waals surface area contributed by atoms with Crippen LogP contribution in [0, 0.1) is 0 Å². The zero-order valence-electron chi connectivity index (χ0n) is 10.4. The predicted octanol–water partition coefficient (Wildman–Crippen LogP) is 1.99. The molecular formula is C11H11ClN4O3S. The minimum atomic E-state index is -3.41. The molecule has 1 amide bonds. The van der Waals surface area contributed by atoms with E-state index < -0.39 is 16.1 Å².